The van der Waals surface area contributed by atoms with E-state index < -0.39 is 0 Å². The van der Waals surface area contributed by atoms with Crippen molar-refractivity contribution in [1.29, 1.82) is 0 Å². The van der Waals surface area contributed by atoms with Crippen molar-refractivity contribution in [2.75, 3.05) is 18.1 Å². The summed E-state index contributed by atoms with van der Waals surface area (Å²) in [6, 6.07) is 5.38. The lowest BCUT2D eigenvalue weighted by Crippen LogP contribution is -2.24. The first kappa shape index (κ1) is 11.9. The maximum atomic E-state index is 11.7. The van der Waals surface area contributed by atoms with E-state index in [9.17, 15) is 4.79 Å². The number of carbonyl (C=O) groups is 1. The molecular formula is C11H11BrClNO2. The second kappa shape index (κ2) is 4.73. The Morgan fingerprint density at radius 1 is 1.56 bits per heavy atom. The molecule has 86 valence electrons. The van der Waals surface area contributed by atoms with Crippen LogP contribution < -0.4 is 4.90 Å². The summed E-state index contributed by atoms with van der Waals surface area (Å²) >= 11 is 9.22. The van der Waals surface area contributed by atoms with Crippen molar-refractivity contribution in [2.45, 2.75) is 6.42 Å². The second-order valence-corrected chi connectivity index (χ2v) is 5.12. The van der Waals surface area contributed by atoms with Crippen LogP contribution in [0.15, 0.2) is 22.7 Å². The van der Waals surface area contributed by atoms with E-state index in [1.165, 1.54) is 0 Å². The predicted octanol–water partition coefficient (Wildman–Crippen LogP) is 2.45. The molecule has 5 heteroatoms. The average Bonchev–Trinajstić information content (AvgIpc) is 2.64. The van der Waals surface area contributed by atoms with Crippen molar-refractivity contribution in [1.82, 2.24) is 0 Å². The molecule has 1 amide bonds. The van der Waals surface area contributed by atoms with Crippen molar-refractivity contribution < 1.29 is 9.90 Å². The Hall–Kier alpha value is -0.580. The first-order valence-corrected chi connectivity index (χ1v) is 6.15. The molecule has 1 aliphatic heterocycles. The van der Waals surface area contributed by atoms with Crippen molar-refractivity contribution in [3.63, 3.8) is 0 Å². The lowest BCUT2D eigenvalue weighted by atomic mass is 10.1. The molecule has 0 saturated carbocycles. The molecule has 0 aromatic heterocycles. The van der Waals surface area contributed by atoms with Crippen molar-refractivity contribution >= 4 is 39.1 Å². The molecule has 3 nitrogen and oxygen atoms in total. The Morgan fingerprint density at radius 2 is 2.31 bits per heavy atom. The Bertz CT molecular complexity index is 424. The number of hydrogen-bond acceptors (Lipinski definition) is 2. The van der Waals surface area contributed by atoms with Crippen LogP contribution >= 0.6 is 27.5 Å². The Morgan fingerprint density at radius 3 is 2.88 bits per heavy atom. The molecule has 2 rings (SSSR count). The fraction of sp³-hybridized carbons (Fsp3) is 0.364. The lowest BCUT2D eigenvalue weighted by molar-refractivity contribution is -0.117. The Labute approximate surface area is 107 Å². The molecule has 1 atom stereocenters. The quantitative estimate of drug-likeness (QED) is 0.912. The highest BCUT2D eigenvalue weighted by molar-refractivity contribution is 9.10. The minimum Gasteiger partial charge on any atom is -0.396 e. The lowest BCUT2D eigenvalue weighted by Gasteiger charge is -2.17. The molecule has 0 spiro atoms. The SMILES string of the molecule is O=C1CC(CO)CN1c1ccc(Cl)c(Br)c1. The zero-order valence-corrected chi connectivity index (χ0v) is 10.8. The van der Waals surface area contributed by atoms with E-state index in [2.05, 4.69) is 15.9 Å². The van der Waals surface area contributed by atoms with E-state index >= 15 is 0 Å². The van der Waals surface area contributed by atoms with Gasteiger partial charge in [-0.25, -0.2) is 0 Å². The summed E-state index contributed by atoms with van der Waals surface area (Å²) in [6.07, 6.45) is 0.413. The molecule has 1 heterocycles. The number of anilines is 1. The highest BCUT2D eigenvalue weighted by atomic mass is 79.9. The van der Waals surface area contributed by atoms with Crippen LogP contribution in [0.3, 0.4) is 0 Å². The van der Waals surface area contributed by atoms with E-state index in [1.54, 1.807) is 11.0 Å². The van der Waals surface area contributed by atoms with Crippen LogP contribution in [0.1, 0.15) is 6.42 Å². The third kappa shape index (κ3) is 2.24. The smallest absolute Gasteiger partial charge is 0.227 e. The number of aliphatic hydroxyl groups is 1. The van der Waals surface area contributed by atoms with Crippen LogP contribution in [-0.4, -0.2) is 24.2 Å². The maximum absolute atomic E-state index is 11.7. The van der Waals surface area contributed by atoms with Crippen LogP contribution in [0.25, 0.3) is 0 Å². The molecule has 16 heavy (non-hydrogen) atoms. The molecule has 0 bridgehead atoms. The molecule has 1 unspecified atom stereocenters. The third-order valence-corrected chi connectivity index (χ3v) is 3.89. The average molecular weight is 305 g/mol. The van der Waals surface area contributed by atoms with Gasteiger partial charge >= 0.3 is 0 Å². The van der Waals surface area contributed by atoms with Crippen LogP contribution in [0, 0.1) is 5.92 Å². The number of hydrogen-bond donors (Lipinski definition) is 1. The maximum Gasteiger partial charge on any atom is 0.227 e. The van der Waals surface area contributed by atoms with Gasteiger partial charge in [-0.2, -0.15) is 0 Å². The molecule has 1 N–H and O–H groups in total. The topological polar surface area (TPSA) is 40.5 Å². The van der Waals surface area contributed by atoms with Gasteiger partial charge in [0.15, 0.2) is 0 Å². The second-order valence-electron chi connectivity index (χ2n) is 3.86. The normalized spacial score (nSPS) is 20.6. The molecule has 1 saturated heterocycles. The number of carbonyl (C=O) groups excluding carboxylic acids is 1. The summed E-state index contributed by atoms with van der Waals surface area (Å²) in [6.45, 7) is 0.625. The zero-order chi connectivity index (χ0) is 11.7. The molecule has 1 aromatic carbocycles. The van der Waals surface area contributed by atoms with Gasteiger partial charge in [0.25, 0.3) is 0 Å². The van der Waals surface area contributed by atoms with Gasteiger partial charge < -0.3 is 10.0 Å². The van der Waals surface area contributed by atoms with Crippen LogP contribution in [-0.2, 0) is 4.79 Å². The first-order valence-electron chi connectivity index (χ1n) is 4.98. The van der Waals surface area contributed by atoms with Gasteiger partial charge in [-0.1, -0.05) is 11.6 Å². The standard InChI is InChI=1S/C11H11BrClNO2/c12-9-4-8(1-2-10(9)13)14-5-7(6-15)3-11(14)16/h1-2,4,7,15H,3,5-6H2. The summed E-state index contributed by atoms with van der Waals surface area (Å²) in [5.41, 5.74) is 0.817. The summed E-state index contributed by atoms with van der Waals surface area (Å²) in [5.74, 6) is 0.0928. The van der Waals surface area contributed by atoms with Gasteiger partial charge in [0.05, 0.1) is 5.02 Å². The van der Waals surface area contributed by atoms with Crippen LogP contribution in [0.2, 0.25) is 5.02 Å². The molecule has 1 aliphatic rings. The number of benzene rings is 1. The number of halogens is 2. The highest BCUT2D eigenvalue weighted by Crippen LogP contribution is 2.30. The zero-order valence-electron chi connectivity index (χ0n) is 8.49. The Kier molecular flexibility index (Phi) is 3.52. The highest BCUT2D eigenvalue weighted by Gasteiger charge is 2.30. The van der Waals surface area contributed by atoms with E-state index in [-0.39, 0.29) is 18.4 Å². The Balaban J connectivity index is 2.24. The summed E-state index contributed by atoms with van der Waals surface area (Å²) in [5, 5.41) is 9.66. The predicted molar refractivity (Wildman–Crippen MR) is 66.7 cm³/mol. The monoisotopic (exact) mass is 303 g/mol. The fourth-order valence-corrected chi connectivity index (χ4v) is 2.29. The summed E-state index contributed by atoms with van der Waals surface area (Å²) in [4.78, 5) is 13.4. The number of aliphatic hydroxyl groups excluding tert-OH is 1. The number of amides is 1. The summed E-state index contributed by atoms with van der Waals surface area (Å²) < 4.78 is 0.770. The molecule has 0 aliphatic carbocycles. The van der Waals surface area contributed by atoms with Crippen molar-refractivity contribution in [3.05, 3.63) is 27.7 Å². The molecule has 1 fully saturated rings. The van der Waals surface area contributed by atoms with E-state index in [0.717, 1.165) is 10.2 Å². The minimum atomic E-state index is 0.0435. The van der Waals surface area contributed by atoms with Crippen molar-refractivity contribution in [3.8, 4) is 0 Å². The van der Waals surface area contributed by atoms with Gasteiger partial charge in [-0.05, 0) is 34.1 Å². The van der Waals surface area contributed by atoms with E-state index in [0.29, 0.717) is 18.0 Å². The van der Waals surface area contributed by atoms with Gasteiger partial charge in [-0.15, -0.1) is 0 Å². The van der Waals surface area contributed by atoms with Gasteiger partial charge in [0, 0.05) is 35.7 Å². The molecular weight excluding hydrogens is 293 g/mol. The van der Waals surface area contributed by atoms with Gasteiger partial charge in [0.1, 0.15) is 0 Å². The van der Waals surface area contributed by atoms with Gasteiger partial charge in [-0.3, -0.25) is 4.79 Å². The number of nitrogens with zero attached hydrogens (tertiary/aromatic N) is 1. The fourth-order valence-electron chi connectivity index (χ4n) is 1.81. The van der Waals surface area contributed by atoms with E-state index in [4.69, 9.17) is 16.7 Å². The van der Waals surface area contributed by atoms with Gasteiger partial charge in [0.2, 0.25) is 5.91 Å². The molecule has 0 radical (unpaired) electrons. The van der Waals surface area contributed by atoms with Crippen LogP contribution in [0.5, 0.6) is 0 Å². The minimum absolute atomic E-state index is 0.0435. The molecule has 1 aromatic rings. The first-order chi connectivity index (χ1) is 7.61. The summed E-state index contributed by atoms with van der Waals surface area (Å²) in [7, 11) is 0. The largest absolute Gasteiger partial charge is 0.396 e. The van der Waals surface area contributed by atoms with Crippen molar-refractivity contribution in [2.24, 2.45) is 5.92 Å². The number of rotatable bonds is 2. The van der Waals surface area contributed by atoms with Crippen LogP contribution in [0.4, 0.5) is 5.69 Å². The van der Waals surface area contributed by atoms with E-state index in [1.807, 2.05) is 12.1 Å². The third-order valence-electron chi connectivity index (χ3n) is 2.68.